The van der Waals surface area contributed by atoms with Crippen molar-refractivity contribution in [2.75, 3.05) is 51.8 Å². The topological polar surface area (TPSA) is 54.0 Å². The van der Waals surface area contributed by atoms with Crippen LogP contribution in [0.25, 0.3) is 0 Å². The molecule has 27 heavy (non-hydrogen) atoms. The molecular formula is C21H31N3O3. The molecule has 1 aliphatic carbocycles. The van der Waals surface area contributed by atoms with Crippen LogP contribution in [0.15, 0.2) is 29.8 Å². The van der Waals surface area contributed by atoms with Gasteiger partial charge in [0.25, 0.3) is 0 Å². The fourth-order valence-electron chi connectivity index (χ4n) is 3.77. The van der Waals surface area contributed by atoms with Gasteiger partial charge in [0, 0.05) is 38.8 Å². The summed E-state index contributed by atoms with van der Waals surface area (Å²) < 4.78 is 10.8. The maximum Gasteiger partial charge on any atom is 0.317 e. The predicted molar refractivity (Wildman–Crippen MR) is 108 cm³/mol. The molecule has 0 aromatic heterocycles. The van der Waals surface area contributed by atoms with E-state index in [4.69, 9.17) is 9.47 Å². The van der Waals surface area contributed by atoms with Crippen LogP contribution in [0.3, 0.4) is 0 Å². The number of urea groups is 1. The number of allylic oxidation sites excluding steroid dienone is 1. The summed E-state index contributed by atoms with van der Waals surface area (Å²) in [5.74, 6) is 1.58. The molecule has 3 rings (SSSR count). The van der Waals surface area contributed by atoms with Crippen LogP contribution in [0.1, 0.15) is 32.1 Å². The molecular weight excluding hydrogens is 342 g/mol. The van der Waals surface area contributed by atoms with Gasteiger partial charge in [-0.15, -0.1) is 0 Å². The van der Waals surface area contributed by atoms with Gasteiger partial charge in [0.15, 0.2) is 0 Å². The number of benzene rings is 1. The third-order valence-corrected chi connectivity index (χ3v) is 5.40. The van der Waals surface area contributed by atoms with E-state index in [2.05, 4.69) is 16.3 Å². The van der Waals surface area contributed by atoms with Crippen LogP contribution in [-0.4, -0.2) is 57.9 Å². The number of nitrogens with zero attached hydrogens (tertiary/aromatic N) is 2. The Hall–Kier alpha value is -2.37. The Bertz CT molecular complexity index is 667. The molecule has 148 valence electrons. The van der Waals surface area contributed by atoms with Crippen LogP contribution in [-0.2, 0) is 0 Å². The van der Waals surface area contributed by atoms with E-state index in [0.717, 1.165) is 43.2 Å². The molecule has 2 amide bonds. The smallest absolute Gasteiger partial charge is 0.317 e. The van der Waals surface area contributed by atoms with Crippen molar-refractivity contribution < 1.29 is 14.3 Å². The monoisotopic (exact) mass is 373 g/mol. The number of ether oxygens (including phenoxy) is 2. The summed E-state index contributed by atoms with van der Waals surface area (Å²) in [4.78, 5) is 16.6. The van der Waals surface area contributed by atoms with Gasteiger partial charge in [0.2, 0.25) is 0 Å². The molecule has 0 bridgehead atoms. The zero-order valence-corrected chi connectivity index (χ0v) is 16.5. The van der Waals surface area contributed by atoms with Crippen molar-refractivity contribution in [1.82, 2.24) is 10.2 Å². The number of carbonyl (C=O) groups excluding carboxylic acids is 1. The minimum atomic E-state index is 0.0488. The molecule has 1 aliphatic heterocycles. The Kier molecular flexibility index (Phi) is 6.85. The molecule has 0 atom stereocenters. The van der Waals surface area contributed by atoms with Crippen molar-refractivity contribution in [3.63, 3.8) is 0 Å². The second-order valence-corrected chi connectivity index (χ2v) is 7.10. The second kappa shape index (κ2) is 9.53. The summed E-state index contributed by atoms with van der Waals surface area (Å²) in [6.07, 6.45) is 8.30. The first kappa shape index (κ1) is 19.4. The lowest BCUT2D eigenvalue weighted by Gasteiger charge is -2.36. The van der Waals surface area contributed by atoms with Gasteiger partial charge in [-0.1, -0.05) is 11.6 Å². The number of piperazine rings is 1. The predicted octanol–water partition coefficient (Wildman–Crippen LogP) is 3.43. The van der Waals surface area contributed by atoms with Gasteiger partial charge in [-0.2, -0.15) is 0 Å². The van der Waals surface area contributed by atoms with Gasteiger partial charge in [-0.05, 0) is 44.2 Å². The van der Waals surface area contributed by atoms with E-state index < -0.39 is 0 Å². The minimum absolute atomic E-state index is 0.0488. The molecule has 2 aliphatic rings. The number of nitrogens with one attached hydrogen (secondary N) is 1. The third kappa shape index (κ3) is 5.08. The Balaban J connectivity index is 1.47. The number of rotatable bonds is 6. The normalized spacial score (nSPS) is 17.3. The summed E-state index contributed by atoms with van der Waals surface area (Å²) >= 11 is 0. The van der Waals surface area contributed by atoms with Crippen LogP contribution >= 0.6 is 0 Å². The van der Waals surface area contributed by atoms with Crippen LogP contribution < -0.4 is 19.7 Å². The van der Waals surface area contributed by atoms with Crippen molar-refractivity contribution in [3.8, 4) is 11.5 Å². The largest absolute Gasteiger partial charge is 0.497 e. The number of carbonyl (C=O) groups is 1. The minimum Gasteiger partial charge on any atom is -0.497 e. The van der Waals surface area contributed by atoms with E-state index in [-0.39, 0.29) is 6.03 Å². The quantitative estimate of drug-likeness (QED) is 0.777. The van der Waals surface area contributed by atoms with Crippen LogP contribution in [0.4, 0.5) is 10.5 Å². The average molecular weight is 373 g/mol. The molecule has 1 heterocycles. The van der Waals surface area contributed by atoms with E-state index in [9.17, 15) is 4.79 Å². The second-order valence-electron chi connectivity index (χ2n) is 7.10. The first-order valence-corrected chi connectivity index (χ1v) is 9.89. The number of hydrogen-bond acceptors (Lipinski definition) is 4. The zero-order chi connectivity index (χ0) is 19.1. The van der Waals surface area contributed by atoms with E-state index in [1.165, 1.54) is 31.3 Å². The van der Waals surface area contributed by atoms with Gasteiger partial charge in [-0.3, -0.25) is 0 Å². The van der Waals surface area contributed by atoms with Gasteiger partial charge >= 0.3 is 6.03 Å². The maximum atomic E-state index is 12.4. The summed E-state index contributed by atoms with van der Waals surface area (Å²) in [6.45, 7) is 3.74. The van der Waals surface area contributed by atoms with Crippen LogP contribution in [0.2, 0.25) is 0 Å². The van der Waals surface area contributed by atoms with Crippen molar-refractivity contribution in [3.05, 3.63) is 29.8 Å². The van der Waals surface area contributed by atoms with Crippen molar-refractivity contribution in [2.45, 2.75) is 32.1 Å². The molecule has 1 aromatic rings. The Morgan fingerprint density at radius 1 is 1.11 bits per heavy atom. The average Bonchev–Trinajstić information content (AvgIpc) is 2.74. The van der Waals surface area contributed by atoms with E-state index in [0.29, 0.717) is 13.1 Å². The molecule has 1 saturated heterocycles. The summed E-state index contributed by atoms with van der Waals surface area (Å²) in [5, 5.41) is 3.08. The SMILES string of the molecule is COc1ccc(N2CCN(C(=O)NCCC3=CCCCC3)CC2)c(OC)c1. The first-order chi connectivity index (χ1) is 13.2. The summed E-state index contributed by atoms with van der Waals surface area (Å²) in [6, 6.07) is 5.91. The zero-order valence-electron chi connectivity index (χ0n) is 16.5. The number of anilines is 1. The van der Waals surface area contributed by atoms with E-state index in [1.54, 1.807) is 14.2 Å². The first-order valence-electron chi connectivity index (χ1n) is 9.89. The Morgan fingerprint density at radius 3 is 2.59 bits per heavy atom. The molecule has 6 heteroatoms. The Morgan fingerprint density at radius 2 is 1.93 bits per heavy atom. The van der Waals surface area contributed by atoms with Gasteiger partial charge in [0.1, 0.15) is 11.5 Å². The molecule has 1 fully saturated rings. The lowest BCUT2D eigenvalue weighted by molar-refractivity contribution is 0.194. The molecule has 1 N–H and O–H groups in total. The highest BCUT2D eigenvalue weighted by Gasteiger charge is 2.23. The molecule has 0 radical (unpaired) electrons. The molecule has 1 aromatic carbocycles. The van der Waals surface area contributed by atoms with Crippen LogP contribution in [0.5, 0.6) is 11.5 Å². The number of hydrogen-bond donors (Lipinski definition) is 1. The van der Waals surface area contributed by atoms with Gasteiger partial charge in [-0.25, -0.2) is 4.79 Å². The van der Waals surface area contributed by atoms with Crippen molar-refractivity contribution >= 4 is 11.7 Å². The van der Waals surface area contributed by atoms with Crippen molar-refractivity contribution in [2.24, 2.45) is 0 Å². The van der Waals surface area contributed by atoms with E-state index >= 15 is 0 Å². The highest BCUT2D eigenvalue weighted by molar-refractivity contribution is 5.74. The highest BCUT2D eigenvalue weighted by atomic mass is 16.5. The molecule has 0 unspecified atom stereocenters. The van der Waals surface area contributed by atoms with Crippen molar-refractivity contribution in [1.29, 1.82) is 0 Å². The lowest BCUT2D eigenvalue weighted by Crippen LogP contribution is -2.52. The molecule has 0 saturated carbocycles. The van der Waals surface area contributed by atoms with Gasteiger partial charge in [0.05, 0.1) is 19.9 Å². The van der Waals surface area contributed by atoms with Gasteiger partial charge < -0.3 is 24.6 Å². The third-order valence-electron chi connectivity index (χ3n) is 5.40. The Labute approximate surface area is 162 Å². The highest BCUT2D eigenvalue weighted by Crippen LogP contribution is 2.32. The maximum absolute atomic E-state index is 12.4. The number of amides is 2. The molecule has 6 nitrogen and oxygen atoms in total. The number of methoxy groups -OCH3 is 2. The van der Waals surface area contributed by atoms with Crippen LogP contribution in [0, 0.1) is 0 Å². The fourth-order valence-corrected chi connectivity index (χ4v) is 3.77. The van der Waals surface area contributed by atoms with E-state index in [1.807, 2.05) is 23.1 Å². The molecule has 0 spiro atoms. The standard InChI is InChI=1S/C21H31N3O3/c1-26-18-8-9-19(20(16-18)27-2)23-12-14-24(15-13-23)21(25)22-11-10-17-6-4-3-5-7-17/h6,8-9,16H,3-5,7,10-15H2,1-2H3,(H,22,25). The summed E-state index contributed by atoms with van der Waals surface area (Å²) in [7, 11) is 3.32. The fraction of sp³-hybridized carbons (Fsp3) is 0.571. The lowest BCUT2D eigenvalue weighted by atomic mass is 9.97. The summed E-state index contributed by atoms with van der Waals surface area (Å²) in [5.41, 5.74) is 2.54.